The number of anilines is 1. The second kappa shape index (κ2) is 38.2. The number of hydrogen-bond acceptors (Lipinski definition) is 16. The van der Waals surface area contributed by atoms with Gasteiger partial charge in [0.2, 0.25) is 0 Å². The summed E-state index contributed by atoms with van der Waals surface area (Å²) in [7, 11) is -10.9. The predicted octanol–water partition coefficient (Wildman–Crippen LogP) is 10.2. The summed E-state index contributed by atoms with van der Waals surface area (Å²) >= 11 is 0. The minimum atomic E-state index is -5.45. The normalized spacial score (nSPS) is 22.3. The molecule has 19 nitrogen and oxygen atoms in total. The summed E-state index contributed by atoms with van der Waals surface area (Å²) in [5.41, 5.74) is 4.58. The van der Waals surface area contributed by atoms with E-state index in [9.17, 15) is 43.5 Å². The van der Waals surface area contributed by atoms with Crippen LogP contribution in [0.1, 0.15) is 148 Å². The summed E-state index contributed by atoms with van der Waals surface area (Å²) in [6.45, 7) is 1.91. The molecule has 2 fully saturated rings. The highest BCUT2D eigenvalue weighted by molar-refractivity contribution is 7.61. The van der Waals surface area contributed by atoms with E-state index in [4.69, 9.17) is 33.7 Å². The Morgan fingerprint density at radius 2 is 1.21 bits per heavy atom. The van der Waals surface area contributed by atoms with Crippen LogP contribution in [0.2, 0.25) is 0 Å². The Kier molecular flexibility index (Phi) is 33.1. The summed E-state index contributed by atoms with van der Waals surface area (Å²) in [5, 5.41) is 20.9. The van der Waals surface area contributed by atoms with Crippen molar-refractivity contribution in [2.24, 2.45) is 0 Å². The van der Waals surface area contributed by atoms with E-state index in [0.717, 1.165) is 87.8 Å². The van der Waals surface area contributed by atoms with Crippen LogP contribution in [-0.2, 0) is 51.0 Å². The number of aliphatic hydroxyl groups excluding tert-OH is 2. The van der Waals surface area contributed by atoms with Crippen molar-refractivity contribution in [3.63, 3.8) is 0 Å². The van der Waals surface area contributed by atoms with Gasteiger partial charge >= 0.3 is 33.3 Å². The highest BCUT2D eigenvalue weighted by Gasteiger charge is 2.46. The SMILES string of the molecule is CC/C=C\CC1OC1C/C=C\C/C=C\C/C=C\C/C=C\CCC(=O)O[C@H](COC(=O)CCCCCC/C=C\C/C=C\C/C=C\CCCCC)COP(=O)(O)OP(=O)(O)OC[C@H]1O[C@@H](n2ccc(N)nc2=O)[C@H](O)[C@@H]1O. The number of nitrogens with zero attached hydrogens (tertiary/aromatic N) is 2. The van der Waals surface area contributed by atoms with Gasteiger partial charge < -0.3 is 44.7 Å². The third-order valence-corrected chi connectivity index (χ3v) is 14.2. The van der Waals surface area contributed by atoms with Crippen molar-refractivity contribution in [2.75, 3.05) is 25.6 Å². The number of epoxide rings is 1. The quantitative estimate of drug-likeness (QED) is 0.0134. The minimum absolute atomic E-state index is 0.0775. The molecule has 9 atom stereocenters. The van der Waals surface area contributed by atoms with Gasteiger partial charge in [-0.05, 0) is 96.0 Å². The number of phosphoric acid groups is 2. The highest BCUT2D eigenvalue weighted by atomic mass is 31.3. The highest BCUT2D eigenvalue weighted by Crippen LogP contribution is 2.60. The van der Waals surface area contributed by atoms with Crippen LogP contribution < -0.4 is 11.4 Å². The second-order valence-corrected chi connectivity index (χ2v) is 21.1. The zero-order valence-corrected chi connectivity index (χ0v) is 45.5. The molecule has 6 N–H and O–H groups in total. The van der Waals surface area contributed by atoms with Gasteiger partial charge in [-0.25, -0.2) is 13.9 Å². The molecule has 3 rings (SSSR count). The Hall–Kier alpha value is -4.36. The van der Waals surface area contributed by atoms with Gasteiger partial charge in [0, 0.05) is 19.0 Å². The number of nitrogens with two attached hydrogens (primary N) is 1. The van der Waals surface area contributed by atoms with Crippen LogP contribution in [0.3, 0.4) is 0 Å². The van der Waals surface area contributed by atoms with E-state index >= 15 is 0 Å². The number of ether oxygens (including phenoxy) is 4. The number of aromatic nitrogens is 2. The van der Waals surface area contributed by atoms with E-state index < -0.39 is 83.7 Å². The van der Waals surface area contributed by atoms with Crippen molar-refractivity contribution >= 4 is 33.4 Å². The van der Waals surface area contributed by atoms with Gasteiger partial charge in [-0.2, -0.15) is 9.29 Å². The van der Waals surface area contributed by atoms with Crippen molar-refractivity contribution in [3.05, 3.63) is 120 Å². The average molecular weight is 1090 g/mol. The molecule has 0 amide bonds. The van der Waals surface area contributed by atoms with Gasteiger partial charge in [0.1, 0.15) is 30.7 Å². The van der Waals surface area contributed by atoms with Crippen LogP contribution in [-0.4, -0.2) is 97.9 Å². The average Bonchev–Trinajstić information content (AvgIpc) is 4.06. The van der Waals surface area contributed by atoms with Crippen molar-refractivity contribution < 1.29 is 71.0 Å². The standard InChI is InChI=1S/C54H83N3O16P2/c1-3-5-7-8-9-10-11-12-13-14-15-16-20-23-26-29-33-37-49(58)67-41-44(70-50(59)38-34-30-27-24-21-18-17-19-22-25-28-32-36-46-45(71-46)35-31-6-4-2)42-68-74(63,64)73-75(65,66)69-43-47-51(60)52(61)53(72-47)57-40-39-48(55)56-54(57)62/h6,9-10,12-13,15-16,18-19,21-22,27-28,30-32,39-40,44-47,51-53,60-61H,3-5,7-8,11,14,17,20,23-26,29,33-38,41-43H2,1-2H3,(H,63,64)(H,65,66)(H2,55,56,62)/b10-9-,13-12-,16-15-,21-18-,22-19-,30-27-,31-6-,32-28-/t44-,45?,46?,47-,51-,52-,53-/m1/s1. The first-order valence-corrected chi connectivity index (χ1v) is 29.4. The van der Waals surface area contributed by atoms with Crippen LogP contribution in [0.15, 0.2) is 114 Å². The summed E-state index contributed by atoms with van der Waals surface area (Å²) in [5.74, 6) is -1.44. The van der Waals surface area contributed by atoms with Crippen LogP contribution in [0.4, 0.5) is 5.82 Å². The third-order valence-electron chi connectivity index (χ3n) is 11.6. The topological polar surface area (TPSA) is 278 Å². The van der Waals surface area contributed by atoms with Crippen molar-refractivity contribution in [1.29, 1.82) is 0 Å². The fourth-order valence-corrected chi connectivity index (χ4v) is 9.50. The molecule has 2 saturated heterocycles. The van der Waals surface area contributed by atoms with Crippen LogP contribution >= 0.6 is 15.6 Å². The van der Waals surface area contributed by atoms with E-state index in [-0.39, 0.29) is 18.7 Å². The molecule has 1 aromatic heterocycles. The lowest BCUT2D eigenvalue weighted by Gasteiger charge is -2.21. The number of carbonyl (C=O) groups excluding carboxylic acids is 2. The zero-order valence-electron chi connectivity index (χ0n) is 43.8. The number of unbranched alkanes of at least 4 members (excludes halogenated alkanes) is 7. The monoisotopic (exact) mass is 1090 g/mol. The fourth-order valence-electron chi connectivity index (χ4n) is 7.39. The van der Waals surface area contributed by atoms with Gasteiger partial charge in [0.25, 0.3) is 0 Å². The van der Waals surface area contributed by atoms with Crippen LogP contribution in [0.5, 0.6) is 0 Å². The minimum Gasteiger partial charge on any atom is -0.462 e. The Labute approximate surface area is 443 Å². The maximum atomic E-state index is 12.9. The molecule has 0 bridgehead atoms. The van der Waals surface area contributed by atoms with E-state index in [1.165, 1.54) is 25.3 Å². The molecule has 2 aliphatic heterocycles. The first-order chi connectivity index (χ1) is 36.1. The number of phosphoric ester groups is 2. The number of nitrogen functional groups attached to an aromatic ring is 1. The number of allylic oxidation sites excluding steroid dienone is 14. The Morgan fingerprint density at radius 3 is 1.81 bits per heavy atom. The molecule has 0 aromatic carbocycles. The number of aliphatic hydroxyl groups is 2. The van der Waals surface area contributed by atoms with E-state index in [2.05, 4.69) is 96.1 Å². The van der Waals surface area contributed by atoms with Gasteiger partial charge in [0.05, 0.1) is 25.4 Å². The van der Waals surface area contributed by atoms with Gasteiger partial charge in [0.15, 0.2) is 12.3 Å². The largest absolute Gasteiger partial charge is 0.481 e. The molecule has 0 saturated carbocycles. The Bertz CT molecular complexity index is 2210. The predicted molar refractivity (Wildman–Crippen MR) is 288 cm³/mol. The van der Waals surface area contributed by atoms with Crippen molar-refractivity contribution in [1.82, 2.24) is 9.55 Å². The molecule has 1 aromatic rings. The number of esters is 2. The number of hydrogen-bond donors (Lipinski definition) is 5. The summed E-state index contributed by atoms with van der Waals surface area (Å²) in [4.78, 5) is 62.0. The fraction of sp³-hybridized carbons (Fsp3) is 0.593. The molecule has 4 unspecified atom stereocenters. The molecule has 2 aliphatic rings. The Balaban J connectivity index is 1.42. The summed E-state index contributed by atoms with van der Waals surface area (Å²) < 4.78 is 62.4. The molecule has 420 valence electrons. The second-order valence-electron chi connectivity index (χ2n) is 18.0. The summed E-state index contributed by atoms with van der Waals surface area (Å²) in [6, 6.07) is 1.24. The van der Waals surface area contributed by atoms with Gasteiger partial charge in [-0.15, -0.1) is 0 Å². The summed E-state index contributed by atoms with van der Waals surface area (Å²) in [6.07, 6.45) is 43.9. The molecular weight excluding hydrogens is 1010 g/mol. The zero-order chi connectivity index (χ0) is 54.6. The molecule has 21 heteroatoms. The van der Waals surface area contributed by atoms with Gasteiger partial charge in [-0.3, -0.25) is 23.2 Å². The number of rotatable bonds is 41. The van der Waals surface area contributed by atoms with E-state index in [0.29, 0.717) is 31.5 Å². The lowest BCUT2D eigenvalue weighted by molar-refractivity contribution is -0.161. The van der Waals surface area contributed by atoms with Crippen molar-refractivity contribution in [2.45, 2.75) is 185 Å². The molecule has 75 heavy (non-hydrogen) atoms. The lowest BCUT2D eigenvalue weighted by atomic mass is 10.1. The Morgan fingerprint density at radius 1 is 0.667 bits per heavy atom. The van der Waals surface area contributed by atoms with E-state index in [1.54, 1.807) is 6.08 Å². The lowest BCUT2D eigenvalue weighted by Crippen LogP contribution is -2.36. The first kappa shape index (κ1) is 64.9. The molecule has 3 heterocycles. The third kappa shape index (κ3) is 30.2. The van der Waals surface area contributed by atoms with Crippen LogP contribution in [0, 0.1) is 0 Å². The first-order valence-electron chi connectivity index (χ1n) is 26.4. The molecule has 0 aliphatic carbocycles. The molecular formula is C54H83N3O16P2. The molecule has 0 radical (unpaired) electrons. The van der Waals surface area contributed by atoms with Crippen LogP contribution in [0.25, 0.3) is 0 Å². The van der Waals surface area contributed by atoms with Gasteiger partial charge in [-0.1, -0.05) is 137 Å². The smallest absolute Gasteiger partial charge is 0.462 e. The molecule has 0 spiro atoms. The maximum absolute atomic E-state index is 12.9. The van der Waals surface area contributed by atoms with E-state index in [1.807, 2.05) is 18.2 Å². The number of carbonyl (C=O) groups is 2. The van der Waals surface area contributed by atoms with Crippen molar-refractivity contribution in [3.8, 4) is 0 Å². The maximum Gasteiger partial charge on any atom is 0.481 e.